The molecule has 2 rings (SSSR count). The minimum absolute atomic E-state index is 0.123. The monoisotopic (exact) mass is 346 g/mol. The summed E-state index contributed by atoms with van der Waals surface area (Å²) in [5.41, 5.74) is 5.90. The van der Waals surface area contributed by atoms with Crippen molar-refractivity contribution in [2.45, 2.75) is 30.9 Å². The van der Waals surface area contributed by atoms with Gasteiger partial charge in [-0.3, -0.25) is 4.79 Å². The molecule has 1 amide bonds. The molecular weight excluding hydrogens is 324 g/mol. The highest BCUT2D eigenvalue weighted by atomic mass is 32.2. The van der Waals surface area contributed by atoms with E-state index in [2.05, 4.69) is 10.3 Å². The maximum absolute atomic E-state index is 12.7. The highest BCUT2D eigenvalue weighted by Crippen LogP contribution is 2.29. The predicted octanol–water partition coefficient (Wildman–Crippen LogP) is 0.236. The highest BCUT2D eigenvalue weighted by molar-refractivity contribution is 7.91. The summed E-state index contributed by atoms with van der Waals surface area (Å²) in [5.74, 6) is -0.438. The molecule has 22 heavy (non-hydrogen) atoms. The maximum atomic E-state index is 12.7. The SMILES string of the molecule is Cc1nc(C)c(S(=O)(=O)N2CCCC(C(=O)NCCN)C2)s1. The molecule has 124 valence electrons. The molecule has 2 heterocycles. The molecule has 1 aliphatic heterocycles. The zero-order valence-corrected chi connectivity index (χ0v) is 14.5. The second-order valence-corrected chi connectivity index (χ2v) is 8.72. The number of hydrogen-bond acceptors (Lipinski definition) is 6. The van der Waals surface area contributed by atoms with Crippen LogP contribution in [0, 0.1) is 19.8 Å². The molecule has 1 aromatic rings. The summed E-state index contributed by atoms with van der Waals surface area (Å²) in [6.07, 6.45) is 1.37. The van der Waals surface area contributed by atoms with Gasteiger partial charge in [0, 0.05) is 26.2 Å². The topological polar surface area (TPSA) is 105 Å². The van der Waals surface area contributed by atoms with Crippen LogP contribution >= 0.6 is 11.3 Å². The number of amides is 1. The summed E-state index contributed by atoms with van der Waals surface area (Å²) in [6.45, 7) is 4.94. The Morgan fingerprint density at radius 3 is 2.82 bits per heavy atom. The molecule has 7 nitrogen and oxygen atoms in total. The van der Waals surface area contributed by atoms with Crippen molar-refractivity contribution in [2.75, 3.05) is 26.2 Å². The molecule has 1 aliphatic rings. The van der Waals surface area contributed by atoms with Crippen molar-refractivity contribution in [3.8, 4) is 0 Å². The summed E-state index contributed by atoms with van der Waals surface area (Å²) in [4.78, 5) is 16.2. The fourth-order valence-corrected chi connectivity index (χ4v) is 5.73. The van der Waals surface area contributed by atoms with Crippen LogP contribution in [-0.2, 0) is 14.8 Å². The fourth-order valence-electron chi connectivity index (χ4n) is 2.58. The van der Waals surface area contributed by atoms with Crippen LogP contribution in [0.4, 0.5) is 0 Å². The van der Waals surface area contributed by atoms with Crippen molar-refractivity contribution in [3.05, 3.63) is 10.7 Å². The van der Waals surface area contributed by atoms with Gasteiger partial charge in [0.2, 0.25) is 5.91 Å². The molecule has 9 heteroatoms. The molecular formula is C13H22N4O3S2. The summed E-state index contributed by atoms with van der Waals surface area (Å²) >= 11 is 1.18. The molecule has 1 aromatic heterocycles. The molecule has 0 saturated carbocycles. The molecule has 0 radical (unpaired) electrons. The lowest BCUT2D eigenvalue weighted by molar-refractivity contribution is -0.126. The van der Waals surface area contributed by atoms with Gasteiger partial charge in [0.25, 0.3) is 10.0 Å². The minimum Gasteiger partial charge on any atom is -0.355 e. The Labute approximate surface area is 135 Å². The molecule has 0 aromatic carbocycles. The van der Waals surface area contributed by atoms with E-state index >= 15 is 0 Å². The van der Waals surface area contributed by atoms with Gasteiger partial charge in [0.1, 0.15) is 0 Å². The van der Waals surface area contributed by atoms with Gasteiger partial charge in [-0.2, -0.15) is 4.31 Å². The number of nitrogens with zero attached hydrogens (tertiary/aromatic N) is 2. The molecule has 1 saturated heterocycles. The highest BCUT2D eigenvalue weighted by Gasteiger charge is 2.35. The van der Waals surface area contributed by atoms with E-state index in [1.165, 1.54) is 15.6 Å². The van der Waals surface area contributed by atoms with E-state index in [0.29, 0.717) is 38.2 Å². The average Bonchev–Trinajstić information content (AvgIpc) is 2.84. The van der Waals surface area contributed by atoms with Crippen molar-refractivity contribution in [1.29, 1.82) is 0 Å². The number of sulfonamides is 1. The second-order valence-electron chi connectivity index (χ2n) is 5.39. The Bertz CT molecular complexity index is 642. The van der Waals surface area contributed by atoms with Gasteiger partial charge < -0.3 is 11.1 Å². The summed E-state index contributed by atoms with van der Waals surface area (Å²) in [6, 6.07) is 0. The summed E-state index contributed by atoms with van der Waals surface area (Å²) < 4.78 is 27.2. The Hall–Kier alpha value is -1.03. The van der Waals surface area contributed by atoms with Gasteiger partial charge in [0.05, 0.1) is 16.6 Å². The van der Waals surface area contributed by atoms with Crippen LogP contribution in [0.3, 0.4) is 0 Å². The van der Waals surface area contributed by atoms with Gasteiger partial charge in [-0.1, -0.05) is 0 Å². The zero-order valence-electron chi connectivity index (χ0n) is 12.8. The van der Waals surface area contributed by atoms with E-state index in [9.17, 15) is 13.2 Å². The van der Waals surface area contributed by atoms with Crippen LogP contribution in [0.2, 0.25) is 0 Å². The van der Waals surface area contributed by atoms with Crippen molar-refractivity contribution >= 4 is 27.3 Å². The zero-order chi connectivity index (χ0) is 16.3. The Balaban J connectivity index is 2.14. The number of piperidine rings is 1. The third-order valence-electron chi connectivity index (χ3n) is 3.63. The van der Waals surface area contributed by atoms with Crippen molar-refractivity contribution < 1.29 is 13.2 Å². The largest absolute Gasteiger partial charge is 0.355 e. The van der Waals surface area contributed by atoms with E-state index < -0.39 is 10.0 Å². The molecule has 0 spiro atoms. The summed E-state index contributed by atoms with van der Waals surface area (Å²) in [5, 5.41) is 3.46. The number of nitrogens with two attached hydrogens (primary N) is 1. The first kappa shape index (κ1) is 17.3. The van der Waals surface area contributed by atoms with Gasteiger partial charge in [0.15, 0.2) is 4.21 Å². The van der Waals surface area contributed by atoms with Crippen LogP contribution in [-0.4, -0.2) is 49.8 Å². The van der Waals surface area contributed by atoms with E-state index in [0.717, 1.165) is 5.01 Å². The Kier molecular flexibility index (Phi) is 5.54. The number of carbonyl (C=O) groups excluding carboxylic acids is 1. The standard InChI is InChI=1S/C13H22N4O3S2/c1-9-13(21-10(2)16-9)22(19,20)17-7-3-4-11(8-17)12(18)15-6-5-14/h11H,3-8,14H2,1-2H3,(H,15,18). The molecule has 3 N–H and O–H groups in total. The van der Waals surface area contributed by atoms with Crippen LogP contribution in [0.5, 0.6) is 0 Å². The van der Waals surface area contributed by atoms with Crippen LogP contribution in [0.1, 0.15) is 23.5 Å². The lowest BCUT2D eigenvalue weighted by atomic mass is 9.99. The van der Waals surface area contributed by atoms with Crippen molar-refractivity contribution in [3.63, 3.8) is 0 Å². The van der Waals surface area contributed by atoms with Gasteiger partial charge in [-0.25, -0.2) is 13.4 Å². The molecule has 1 unspecified atom stereocenters. The van der Waals surface area contributed by atoms with E-state index in [-0.39, 0.29) is 22.6 Å². The predicted molar refractivity (Wildman–Crippen MR) is 85.1 cm³/mol. The summed E-state index contributed by atoms with van der Waals surface area (Å²) in [7, 11) is -3.57. The number of aromatic nitrogens is 1. The first-order valence-corrected chi connectivity index (χ1v) is 9.54. The number of nitrogens with one attached hydrogen (secondary N) is 1. The normalized spacial score (nSPS) is 20.0. The van der Waals surface area contributed by atoms with Gasteiger partial charge >= 0.3 is 0 Å². The molecule has 0 bridgehead atoms. The van der Waals surface area contributed by atoms with E-state index in [1.54, 1.807) is 13.8 Å². The number of carbonyl (C=O) groups is 1. The lowest BCUT2D eigenvalue weighted by Gasteiger charge is -2.30. The smallest absolute Gasteiger partial charge is 0.254 e. The van der Waals surface area contributed by atoms with E-state index in [4.69, 9.17) is 5.73 Å². The third kappa shape index (κ3) is 3.65. The average molecular weight is 346 g/mol. The number of aryl methyl sites for hydroxylation is 2. The van der Waals surface area contributed by atoms with Crippen molar-refractivity contribution in [1.82, 2.24) is 14.6 Å². The molecule has 1 atom stereocenters. The van der Waals surface area contributed by atoms with Crippen molar-refractivity contribution in [2.24, 2.45) is 11.7 Å². The first-order valence-electron chi connectivity index (χ1n) is 7.28. The van der Waals surface area contributed by atoms with Crippen LogP contribution in [0.15, 0.2) is 4.21 Å². The lowest BCUT2D eigenvalue weighted by Crippen LogP contribution is -2.46. The quantitative estimate of drug-likeness (QED) is 0.794. The third-order valence-corrected chi connectivity index (χ3v) is 7.16. The molecule has 0 aliphatic carbocycles. The Morgan fingerprint density at radius 2 is 2.23 bits per heavy atom. The maximum Gasteiger partial charge on any atom is 0.254 e. The first-order chi connectivity index (χ1) is 10.4. The Morgan fingerprint density at radius 1 is 1.50 bits per heavy atom. The van der Waals surface area contributed by atoms with Crippen LogP contribution in [0.25, 0.3) is 0 Å². The van der Waals surface area contributed by atoms with E-state index in [1.807, 2.05) is 0 Å². The number of thiazole rings is 1. The number of hydrogen-bond donors (Lipinski definition) is 2. The minimum atomic E-state index is -3.57. The van der Waals surface area contributed by atoms with Gasteiger partial charge in [-0.15, -0.1) is 11.3 Å². The number of rotatable bonds is 5. The fraction of sp³-hybridized carbons (Fsp3) is 0.692. The van der Waals surface area contributed by atoms with Gasteiger partial charge in [-0.05, 0) is 26.7 Å². The molecule has 1 fully saturated rings. The second kappa shape index (κ2) is 7.03. The van der Waals surface area contributed by atoms with Crippen LogP contribution < -0.4 is 11.1 Å².